The molecule has 0 radical (unpaired) electrons. The molecule has 1 aliphatic rings. The van der Waals surface area contributed by atoms with Crippen molar-refractivity contribution in [2.24, 2.45) is 0 Å². The van der Waals surface area contributed by atoms with Gasteiger partial charge in [0, 0.05) is 20.1 Å². The molecule has 1 fully saturated rings. The zero-order valence-corrected chi connectivity index (χ0v) is 8.67. The minimum atomic E-state index is -0.344. The Morgan fingerprint density at radius 2 is 2.36 bits per heavy atom. The highest BCUT2D eigenvalue weighted by atomic mass is 16.2. The SMILES string of the molecule is CCN1CCCC(NC(=O)NC)C1=O. The maximum absolute atomic E-state index is 11.7. The first-order chi connectivity index (χ1) is 6.69. The molecule has 3 amide bonds. The van der Waals surface area contributed by atoms with Crippen LogP contribution in [0.4, 0.5) is 4.79 Å². The molecule has 1 aliphatic heterocycles. The van der Waals surface area contributed by atoms with Gasteiger partial charge in [-0.1, -0.05) is 0 Å². The molecule has 2 N–H and O–H groups in total. The number of urea groups is 1. The molecular weight excluding hydrogens is 182 g/mol. The van der Waals surface area contributed by atoms with Crippen LogP contribution in [-0.2, 0) is 4.79 Å². The largest absolute Gasteiger partial charge is 0.341 e. The van der Waals surface area contributed by atoms with Crippen molar-refractivity contribution in [1.29, 1.82) is 0 Å². The van der Waals surface area contributed by atoms with Crippen molar-refractivity contribution in [3.05, 3.63) is 0 Å². The van der Waals surface area contributed by atoms with Crippen LogP contribution in [-0.4, -0.2) is 43.0 Å². The smallest absolute Gasteiger partial charge is 0.315 e. The number of nitrogens with zero attached hydrogens (tertiary/aromatic N) is 1. The summed E-state index contributed by atoms with van der Waals surface area (Å²) in [7, 11) is 1.54. The van der Waals surface area contributed by atoms with E-state index >= 15 is 0 Å². The molecule has 1 saturated heterocycles. The molecule has 80 valence electrons. The predicted octanol–water partition coefficient (Wildman–Crippen LogP) is -0.0737. The van der Waals surface area contributed by atoms with Crippen LogP contribution in [0.3, 0.4) is 0 Å². The molecule has 0 saturated carbocycles. The van der Waals surface area contributed by atoms with Gasteiger partial charge in [0.25, 0.3) is 0 Å². The molecule has 0 aliphatic carbocycles. The van der Waals surface area contributed by atoms with Crippen molar-refractivity contribution in [2.45, 2.75) is 25.8 Å². The highest BCUT2D eigenvalue weighted by molar-refractivity contribution is 5.87. The minimum Gasteiger partial charge on any atom is -0.341 e. The van der Waals surface area contributed by atoms with Crippen LogP contribution in [0.15, 0.2) is 0 Å². The molecule has 14 heavy (non-hydrogen) atoms. The molecule has 0 aromatic carbocycles. The Bertz CT molecular complexity index is 230. The van der Waals surface area contributed by atoms with Gasteiger partial charge in [0.2, 0.25) is 5.91 Å². The quantitative estimate of drug-likeness (QED) is 0.653. The summed E-state index contributed by atoms with van der Waals surface area (Å²) in [6.07, 6.45) is 1.69. The Labute approximate surface area is 83.8 Å². The first-order valence-corrected chi connectivity index (χ1v) is 4.96. The van der Waals surface area contributed by atoms with Gasteiger partial charge >= 0.3 is 6.03 Å². The summed E-state index contributed by atoms with van der Waals surface area (Å²) >= 11 is 0. The van der Waals surface area contributed by atoms with Crippen LogP contribution in [0.25, 0.3) is 0 Å². The van der Waals surface area contributed by atoms with E-state index < -0.39 is 0 Å². The third-order valence-corrected chi connectivity index (χ3v) is 2.44. The lowest BCUT2D eigenvalue weighted by atomic mass is 10.1. The Morgan fingerprint density at radius 1 is 1.64 bits per heavy atom. The van der Waals surface area contributed by atoms with Gasteiger partial charge in [-0.3, -0.25) is 4.79 Å². The van der Waals surface area contributed by atoms with Crippen LogP contribution in [0, 0.1) is 0 Å². The van der Waals surface area contributed by atoms with Gasteiger partial charge < -0.3 is 15.5 Å². The summed E-state index contributed by atoms with van der Waals surface area (Å²) in [5, 5.41) is 5.09. The summed E-state index contributed by atoms with van der Waals surface area (Å²) in [6, 6.07) is -0.634. The Hall–Kier alpha value is -1.26. The lowest BCUT2D eigenvalue weighted by molar-refractivity contribution is -0.135. The molecule has 0 spiro atoms. The van der Waals surface area contributed by atoms with Crippen LogP contribution >= 0.6 is 0 Å². The molecule has 0 aromatic heterocycles. The van der Waals surface area contributed by atoms with Crippen LogP contribution in [0.2, 0.25) is 0 Å². The summed E-state index contributed by atoms with van der Waals surface area (Å²) in [5.41, 5.74) is 0. The number of hydrogen-bond donors (Lipinski definition) is 2. The van der Waals surface area contributed by atoms with Crippen molar-refractivity contribution in [3.8, 4) is 0 Å². The van der Waals surface area contributed by atoms with Gasteiger partial charge in [0.05, 0.1) is 0 Å². The number of piperidine rings is 1. The maximum Gasteiger partial charge on any atom is 0.315 e. The Morgan fingerprint density at radius 3 is 2.93 bits per heavy atom. The highest BCUT2D eigenvalue weighted by Gasteiger charge is 2.28. The van der Waals surface area contributed by atoms with E-state index in [1.165, 1.54) is 0 Å². The maximum atomic E-state index is 11.7. The number of hydrogen-bond acceptors (Lipinski definition) is 2. The van der Waals surface area contributed by atoms with E-state index in [1.807, 2.05) is 6.92 Å². The summed E-state index contributed by atoms with van der Waals surface area (Å²) in [6.45, 7) is 3.46. The van der Waals surface area contributed by atoms with Gasteiger partial charge in [-0.15, -0.1) is 0 Å². The molecule has 5 nitrogen and oxygen atoms in total. The number of amides is 3. The fourth-order valence-electron chi connectivity index (χ4n) is 1.62. The molecule has 0 bridgehead atoms. The van der Waals surface area contributed by atoms with Gasteiger partial charge in [-0.25, -0.2) is 4.79 Å². The van der Waals surface area contributed by atoms with E-state index in [1.54, 1.807) is 11.9 Å². The lowest BCUT2D eigenvalue weighted by Crippen LogP contribution is -2.53. The number of carbonyl (C=O) groups is 2. The molecule has 1 rings (SSSR count). The van der Waals surface area contributed by atoms with E-state index in [9.17, 15) is 9.59 Å². The normalized spacial score (nSPS) is 22.0. The predicted molar refractivity (Wildman–Crippen MR) is 52.9 cm³/mol. The van der Waals surface area contributed by atoms with Crippen molar-refractivity contribution in [3.63, 3.8) is 0 Å². The monoisotopic (exact) mass is 199 g/mol. The summed E-state index contributed by atoms with van der Waals surface area (Å²) in [5.74, 6) is 0.0300. The van der Waals surface area contributed by atoms with E-state index in [0.717, 1.165) is 19.4 Å². The summed E-state index contributed by atoms with van der Waals surface area (Å²) < 4.78 is 0. The van der Waals surface area contributed by atoms with Crippen LogP contribution in [0.1, 0.15) is 19.8 Å². The van der Waals surface area contributed by atoms with Gasteiger partial charge in [-0.2, -0.15) is 0 Å². The lowest BCUT2D eigenvalue weighted by Gasteiger charge is -2.31. The van der Waals surface area contributed by atoms with Crippen molar-refractivity contribution in [2.75, 3.05) is 20.1 Å². The minimum absolute atomic E-state index is 0.0300. The van der Waals surface area contributed by atoms with Crippen molar-refractivity contribution < 1.29 is 9.59 Å². The average Bonchev–Trinajstić information content (AvgIpc) is 2.21. The second-order valence-electron chi connectivity index (χ2n) is 3.34. The number of carbonyl (C=O) groups excluding carboxylic acids is 2. The first kappa shape index (κ1) is 10.8. The Balaban J connectivity index is 2.52. The van der Waals surface area contributed by atoms with E-state index in [2.05, 4.69) is 10.6 Å². The number of likely N-dealkylation sites (tertiary alicyclic amines) is 1. The standard InChI is InChI=1S/C9H17N3O2/c1-3-12-6-4-5-7(8(12)13)11-9(14)10-2/h7H,3-6H2,1-2H3,(H2,10,11,14). The van der Waals surface area contributed by atoms with E-state index in [4.69, 9.17) is 0 Å². The second kappa shape index (κ2) is 4.83. The average molecular weight is 199 g/mol. The molecule has 1 heterocycles. The molecular formula is C9H17N3O2. The van der Waals surface area contributed by atoms with Crippen molar-refractivity contribution in [1.82, 2.24) is 15.5 Å². The molecule has 1 unspecified atom stereocenters. The Kier molecular flexibility index (Phi) is 3.73. The van der Waals surface area contributed by atoms with E-state index in [0.29, 0.717) is 6.54 Å². The van der Waals surface area contributed by atoms with E-state index in [-0.39, 0.29) is 18.0 Å². The zero-order valence-electron chi connectivity index (χ0n) is 8.67. The topological polar surface area (TPSA) is 61.4 Å². The molecule has 5 heteroatoms. The zero-order chi connectivity index (χ0) is 10.6. The fourth-order valence-corrected chi connectivity index (χ4v) is 1.62. The van der Waals surface area contributed by atoms with Crippen molar-refractivity contribution >= 4 is 11.9 Å². The first-order valence-electron chi connectivity index (χ1n) is 4.96. The van der Waals surface area contributed by atoms with Crippen LogP contribution < -0.4 is 10.6 Å². The number of likely N-dealkylation sites (N-methyl/N-ethyl adjacent to an activating group) is 1. The van der Waals surface area contributed by atoms with Gasteiger partial charge in [-0.05, 0) is 19.8 Å². The van der Waals surface area contributed by atoms with Crippen LogP contribution in [0.5, 0.6) is 0 Å². The third kappa shape index (κ3) is 2.37. The fraction of sp³-hybridized carbons (Fsp3) is 0.778. The molecule has 1 atom stereocenters. The summed E-state index contributed by atoms with van der Waals surface area (Å²) in [4.78, 5) is 24.5. The molecule has 0 aromatic rings. The highest BCUT2D eigenvalue weighted by Crippen LogP contribution is 2.10. The third-order valence-electron chi connectivity index (χ3n) is 2.44. The van der Waals surface area contributed by atoms with Gasteiger partial charge in [0.1, 0.15) is 6.04 Å². The number of nitrogens with one attached hydrogen (secondary N) is 2. The van der Waals surface area contributed by atoms with Gasteiger partial charge in [0.15, 0.2) is 0 Å². The number of rotatable bonds is 2. The second-order valence-corrected chi connectivity index (χ2v) is 3.34.